The van der Waals surface area contributed by atoms with E-state index in [1.165, 1.54) is 62.0 Å². The van der Waals surface area contributed by atoms with E-state index in [4.69, 9.17) is 5.73 Å². The van der Waals surface area contributed by atoms with E-state index < -0.39 is 0 Å². The van der Waals surface area contributed by atoms with Crippen molar-refractivity contribution in [1.29, 1.82) is 0 Å². The first-order valence-electron chi connectivity index (χ1n) is 10.2. The van der Waals surface area contributed by atoms with Gasteiger partial charge in [0.05, 0.1) is 0 Å². The fourth-order valence-electron chi connectivity index (χ4n) is 3.42. The number of rotatable bonds is 5. The highest BCUT2D eigenvalue weighted by molar-refractivity contribution is 5.39. The number of benzene rings is 2. The standard InChI is InChI=1S/C14H22N2.C10H14/c1-12-6-9-16(10-7-12)11-8-13-2-4-14(15)5-3-13;1-3-6-10-8-5-4-7-9(10)2/h2-5,12H,6-11,15H2,1H3;4-5,7-8H,3,6H2,1-2H3. The summed E-state index contributed by atoms with van der Waals surface area (Å²) in [6.07, 6.45) is 6.33. The van der Waals surface area contributed by atoms with E-state index in [1.807, 2.05) is 12.1 Å². The fourth-order valence-corrected chi connectivity index (χ4v) is 3.42. The second-order valence-corrected chi connectivity index (χ2v) is 7.69. The molecule has 0 bridgehead atoms. The number of nitrogen functional groups attached to an aromatic ring is 1. The predicted octanol–water partition coefficient (Wildman–Crippen LogP) is 5.49. The zero-order valence-corrected chi connectivity index (χ0v) is 16.9. The van der Waals surface area contributed by atoms with Crippen LogP contribution in [0.25, 0.3) is 0 Å². The molecule has 2 heteroatoms. The zero-order valence-electron chi connectivity index (χ0n) is 16.9. The van der Waals surface area contributed by atoms with Crippen LogP contribution >= 0.6 is 0 Å². The van der Waals surface area contributed by atoms with Crippen LogP contribution in [0, 0.1) is 12.8 Å². The second-order valence-electron chi connectivity index (χ2n) is 7.69. The lowest BCUT2D eigenvalue weighted by Gasteiger charge is -2.30. The molecule has 0 amide bonds. The van der Waals surface area contributed by atoms with E-state index >= 15 is 0 Å². The minimum Gasteiger partial charge on any atom is -0.399 e. The monoisotopic (exact) mass is 352 g/mol. The Morgan fingerprint density at radius 3 is 2.23 bits per heavy atom. The molecule has 3 rings (SSSR count). The summed E-state index contributed by atoms with van der Waals surface area (Å²) in [7, 11) is 0. The van der Waals surface area contributed by atoms with E-state index in [9.17, 15) is 0 Å². The van der Waals surface area contributed by atoms with E-state index in [2.05, 4.69) is 62.1 Å². The average molecular weight is 353 g/mol. The molecule has 0 unspecified atom stereocenters. The molecule has 0 saturated carbocycles. The molecule has 2 N–H and O–H groups in total. The van der Waals surface area contributed by atoms with Crippen LogP contribution < -0.4 is 5.73 Å². The van der Waals surface area contributed by atoms with Gasteiger partial charge in [-0.3, -0.25) is 0 Å². The lowest BCUT2D eigenvalue weighted by Crippen LogP contribution is -2.34. The quantitative estimate of drug-likeness (QED) is 0.721. The Labute approximate surface area is 160 Å². The molecule has 1 fully saturated rings. The van der Waals surface area contributed by atoms with Crippen molar-refractivity contribution in [3.63, 3.8) is 0 Å². The van der Waals surface area contributed by atoms with Crippen molar-refractivity contribution in [2.45, 2.75) is 52.9 Å². The molecule has 0 atom stereocenters. The van der Waals surface area contributed by atoms with Crippen LogP contribution in [0.2, 0.25) is 0 Å². The molecular weight excluding hydrogens is 316 g/mol. The molecule has 1 heterocycles. The number of piperidine rings is 1. The summed E-state index contributed by atoms with van der Waals surface area (Å²) >= 11 is 0. The molecule has 26 heavy (non-hydrogen) atoms. The first-order chi connectivity index (χ1) is 12.6. The Morgan fingerprint density at radius 1 is 0.962 bits per heavy atom. The summed E-state index contributed by atoms with van der Waals surface area (Å²) in [4.78, 5) is 2.58. The first-order valence-corrected chi connectivity index (χ1v) is 10.2. The van der Waals surface area contributed by atoms with Crippen molar-refractivity contribution in [3.8, 4) is 0 Å². The van der Waals surface area contributed by atoms with Crippen LogP contribution in [-0.4, -0.2) is 24.5 Å². The summed E-state index contributed by atoms with van der Waals surface area (Å²) in [6.45, 7) is 10.5. The van der Waals surface area contributed by atoms with Gasteiger partial charge >= 0.3 is 0 Å². The number of hydrogen-bond donors (Lipinski definition) is 1. The molecule has 0 radical (unpaired) electrons. The van der Waals surface area contributed by atoms with E-state index in [0.29, 0.717) is 0 Å². The van der Waals surface area contributed by atoms with Gasteiger partial charge in [-0.2, -0.15) is 0 Å². The molecule has 1 aliphatic heterocycles. The van der Waals surface area contributed by atoms with Gasteiger partial charge in [-0.25, -0.2) is 0 Å². The van der Waals surface area contributed by atoms with E-state index in [1.54, 1.807) is 0 Å². The summed E-state index contributed by atoms with van der Waals surface area (Å²) in [5.41, 5.74) is 10.8. The van der Waals surface area contributed by atoms with E-state index in [-0.39, 0.29) is 0 Å². The SMILES string of the molecule is CC1CCN(CCc2ccc(N)cc2)CC1.CCCc1ccccc1C. The fraction of sp³-hybridized carbons (Fsp3) is 0.500. The first kappa shape index (κ1) is 20.5. The molecule has 1 aliphatic rings. The number of anilines is 1. The number of hydrogen-bond acceptors (Lipinski definition) is 2. The lowest BCUT2D eigenvalue weighted by molar-refractivity contribution is 0.194. The van der Waals surface area contributed by atoms with Gasteiger partial charge in [0.15, 0.2) is 0 Å². The third kappa shape index (κ3) is 7.21. The number of aryl methyl sites for hydroxylation is 2. The third-order valence-corrected chi connectivity index (χ3v) is 5.35. The lowest BCUT2D eigenvalue weighted by atomic mass is 9.99. The second kappa shape index (κ2) is 11.0. The average Bonchev–Trinajstić information content (AvgIpc) is 2.65. The summed E-state index contributed by atoms with van der Waals surface area (Å²) in [6, 6.07) is 16.8. The molecule has 142 valence electrons. The number of nitrogens with two attached hydrogens (primary N) is 1. The molecule has 2 aromatic carbocycles. The molecule has 0 spiro atoms. The van der Waals surface area contributed by atoms with Crippen molar-refractivity contribution >= 4 is 5.69 Å². The van der Waals surface area contributed by atoms with Gasteiger partial charge in [-0.1, -0.05) is 56.7 Å². The van der Waals surface area contributed by atoms with Crippen LogP contribution in [0.3, 0.4) is 0 Å². The van der Waals surface area contributed by atoms with Gasteiger partial charge in [0.2, 0.25) is 0 Å². The van der Waals surface area contributed by atoms with Crippen molar-refractivity contribution < 1.29 is 0 Å². The normalized spacial score (nSPS) is 15.3. The molecule has 0 aromatic heterocycles. The largest absolute Gasteiger partial charge is 0.399 e. The Hall–Kier alpha value is -1.80. The van der Waals surface area contributed by atoms with Crippen molar-refractivity contribution in [1.82, 2.24) is 4.90 Å². The third-order valence-electron chi connectivity index (χ3n) is 5.35. The van der Waals surface area contributed by atoms with Crippen LogP contribution in [-0.2, 0) is 12.8 Å². The van der Waals surface area contributed by atoms with Gasteiger partial charge < -0.3 is 10.6 Å². The Morgan fingerprint density at radius 2 is 1.62 bits per heavy atom. The minimum atomic E-state index is 0.857. The van der Waals surface area contributed by atoms with Gasteiger partial charge in [0.25, 0.3) is 0 Å². The number of likely N-dealkylation sites (tertiary alicyclic amines) is 1. The smallest absolute Gasteiger partial charge is 0.0314 e. The maximum Gasteiger partial charge on any atom is 0.0314 e. The summed E-state index contributed by atoms with van der Waals surface area (Å²) in [5, 5.41) is 0. The van der Waals surface area contributed by atoms with Crippen LogP contribution in [0.4, 0.5) is 5.69 Å². The number of nitrogens with zero attached hydrogens (tertiary/aromatic N) is 1. The molecular formula is C24H36N2. The Bertz CT molecular complexity index is 625. The van der Waals surface area contributed by atoms with Crippen LogP contribution in [0.1, 0.15) is 49.8 Å². The molecule has 0 aliphatic carbocycles. The predicted molar refractivity (Wildman–Crippen MR) is 115 cm³/mol. The Kier molecular flexibility index (Phi) is 8.70. The van der Waals surface area contributed by atoms with Crippen molar-refractivity contribution in [3.05, 3.63) is 65.2 Å². The maximum atomic E-state index is 5.67. The summed E-state index contributed by atoms with van der Waals surface area (Å²) in [5.74, 6) is 0.924. The van der Waals surface area contributed by atoms with E-state index in [0.717, 1.165) is 18.0 Å². The van der Waals surface area contributed by atoms with Gasteiger partial charge in [-0.15, -0.1) is 0 Å². The van der Waals surface area contributed by atoms with Crippen LogP contribution in [0.15, 0.2) is 48.5 Å². The maximum absolute atomic E-state index is 5.67. The molecule has 2 nitrogen and oxygen atoms in total. The van der Waals surface area contributed by atoms with Crippen LogP contribution in [0.5, 0.6) is 0 Å². The van der Waals surface area contributed by atoms with Gasteiger partial charge in [-0.05, 0) is 80.4 Å². The highest BCUT2D eigenvalue weighted by Gasteiger charge is 2.14. The summed E-state index contributed by atoms with van der Waals surface area (Å²) < 4.78 is 0. The highest BCUT2D eigenvalue weighted by Crippen LogP contribution is 2.16. The minimum absolute atomic E-state index is 0.857. The topological polar surface area (TPSA) is 29.3 Å². The van der Waals surface area contributed by atoms with Gasteiger partial charge in [0, 0.05) is 12.2 Å². The highest BCUT2D eigenvalue weighted by atomic mass is 15.1. The van der Waals surface area contributed by atoms with Crippen molar-refractivity contribution in [2.75, 3.05) is 25.4 Å². The molecule has 2 aromatic rings. The van der Waals surface area contributed by atoms with Gasteiger partial charge in [0.1, 0.15) is 0 Å². The molecule has 1 saturated heterocycles. The zero-order chi connectivity index (χ0) is 18.8. The van der Waals surface area contributed by atoms with Crippen molar-refractivity contribution in [2.24, 2.45) is 5.92 Å². The Balaban J connectivity index is 0.000000209.